The molecule has 0 aliphatic carbocycles. The van der Waals surface area contributed by atoms with Crippen molar-refractivity contribution in [3.05, 3.63) is 55.7 Å². The summed E-state index contributed by atoms with van der Waals surface area (Å²) in [6.45, 7) is 1.93. The summed E-state index contributed by atoms with van der Waals surface area (Å²) < 4.78 is 27.6. The van der Waals surface area contributed by atoms with E-state index in [-0.39, 0.29) is 5.56 Å². The van der Waals surface area contributed by atoms with E-state index in [2.05, 4.69) is 15.9 Å². The average Bonchev–Trinajstić information content (AvgIpc) is 2.62. The molecule has 1 unspecified atom stereocenters. The van der Waals surface area contributed by atoms with Gasteiger partial charge in [0.25, 0.3) is 0 Å². The number of hydrogen-bond donors (Lipinski definition) is 1. The van der Waals surface area contributed by atoms with Gasteiger partial charge in [-0.15, -0.1) is 11.3 Å². The highest BCUT2D eigenvalue weighted by Crippen LogP contribution is 2.33. The van der Waals surface area contributed by atoms with Crippen molar-refractivity contribution in [3.8, 4) is 0 Å². The van der Waals surface area contributed by atoms with Gasteiger partial charge in [0.15, 0.2) is 0 Å². The van der Waals surface area contributed by atoms with Gasteiger partial charge in [0.05, 0.1) is 9.83 Å². The van der Waals surface area contributed by atoms with Crippen molar-refractivity contribution >= 4 is 27.3 Å². The topological polar surface area (TPSA) is 26.0 Å². The Morgan fingerprint density at radius 1 is 1.29 bits per heavy atom. The van der Waals surface area contributed by atoms with Crippen LogP contribution < -0.4 is 5.73 Å². The molecule has 0 radical (unpaired) electrons. The van der Waals surface area contributed by atoms with Crippen LogP contribution in [-0.4, -0.2) is 0 Å². The van der Waals surface area contributed by atoms with E-state index in [0.717, 1.165) is 32.4 Å². The first-order valence-corrected chi connectivity index (χ1v) is 6.56. The first kappa shape index (κ1) is 12.7. The molecule has 1 aromatic carbocycles. The number of nitrogens with two attached hydrogens (primary N) is 1. The first-order valence-electron chi connectivity index (χ1n) is 4.95. The Morgan fingerprint density at radius 2 is 2.00 bits per heavy atom. The third kappa shape index (κ3) is 2.56. The molecule has 2 aromatic rings. The second kappa shape index (κ2) is 4.84. The van der Waals surface area contributed by atoms with Crippen molar-refractivity contribution in [3.63, 3.8) is 0 Å². The van der Waals surface area contributed by atoms with Crippen LogP contribution in [0.3, 0.4) is 0 Å². The number of rotatable bonds is 2. The van der Waals surface area contributed by atoms with Crippen molar-refractivity contribution in [2.75, 3.05) is 0 Å². The fourth-order valence-corrected chi connectivity index (χ4v) is 3.13. The van der Waals surface area contributed by atoms with Crippen LogP contribution in [0.1, 0.15) is 22.0 Å². The zero-order chi connectivity index (χ0) is 12.6. The number of benzene rings is 1. The molecule has 5 heteroatoms. The molecule has 90 valence electrons. The van der Waals surface area contributed by atoms with Crippen molar-refractivity contribution in [2.24, 2.45) is 5.73 Å². The Morgan fingerprint density at radius 3 is 2.59 bits per heavy atom. The predicted molar refractivity (Wildman–Crippen MR) is 69.1 cm³/mol. The zero-order valence-corrected chi connectivity index (χ0v) is 11.4. The summed E-state index contributed by atoms with van der Waals surface area (Å²) in [4.78, 5) is 0.805. The van der Waals surface area contributed by atoms with Crippen molar-refractivity contribution in [1.82, 2.24) is 0 Å². The third-order valence-electron chi connectivity index (χ3n) is 2.48. The van der Waals surface area contributed by atoms with Gasteiger partial charge in [-0.3, -0.25) is 0 Å². The molecule has 0 saturated heterocycles. The molecule has 0 bridgehead atoms. The van der Waals surface area contributed by atoms with Crippen molar-refractivity contribution in [1.29, 1.82) is 0 Å². The van der Waals surface area contributed by atoms with Gasteiger partial charge in [-0.2, -0.15) is 0 Å². The molecule has 17 heavy (non-hydrogen) atoms. The van der Waals surface area contributed by atoms with Crippen LogP contribution in [0, 0.1) is 18.6 Å². The third-order valence-corrected chi connectivity index (χ3v) is 4.70. The van der Waals surface area contributed by atoms with Crippen LogP contribution in [0.4, 0.5) is 8.78 Å². The summed E-state index contributed by atoms with van der Waals surface area (Å²) in [6, 6.07) is 4.56. The highest BCUT2D eigenvalue weighted by molar-refractivity contribution is 9.11. The van der Waals surface area contributed by atoms with E-state index < -0.39 is 17.7 Å². The second-order valence-corrected chi connectivity index (χ2v) is 6.15. The van der Waals surface area contributed by atoms with Crippen molar-refractivity contribution in [2.45, 2.75) is 13.0 Å². The van der Waals surface area contributed by atoms with Gasteiger partial charge in [-0.1, -0.05) is 0 Å². The minimum absolute atomic E-state index is 0.179. The predicted octanol–water partition coefficient (Wildman–Crippen LogP) is 4.15. The molecule has 0 aliphatic rings. The van der Waals surface area contributed by atoms with E-state index in [9.17, 15) is 8.78 Å². The maximum absolute atomic E-state index is 13.6. The highest BCUT2D eigenvalue weighted by atomic mass is 79.9. The molecular formula is C12H10BrF2NS. The van der Waals surface area contributed by atoms with Crippen LogP contribution in [0.2, 0.25) is 0 Å². The lowest BCUT2D eigenvalue weighted by Crippen LogP contribution is -2.12. The van der Waals surface area contributed by atoms with Crippen LogP contribution in [0.25, 0.3) is 0 Å². The number of halogens is 3. The summed E-state index contributed by atoms with van der Waals surface area (Å²) in [7, 11) is 0. The van der Waals surface area contributed by atoms with Crippen LogP contribution in [0.15, 0.2) is 28.1 Å². The first-order chi connectivity index (χ1) is 7.99. The molecular weight excluding hydrogens is 308 g/mol. The van der Waals surface area contributed by atoms with E-state index >= 15 is 0 Å². The van der Waals surface area contributed by atoms with E-state index in [4.69, 9.17) is 5.73 Å². The van der Waals surface area contributed by atoms with Gasteiger partial charge in [0.2, 0.25) is 0 Å². The molecule has 0 saturated carbocycles. The van der Waals surface area contributed by atoms with Gasteiger partial charge in [-0.25, -0.2) is 8.78 Å². The van der Waals surface area contributed by atoms with Gasteiger partial charge < -0.3 is 5.73 Å². The van der Waals surface area contributed by atoms with Gasteiger partial charge >= 0.3 is 0 Å². The van der Waals surface area contributed by atoms with Crippen LogP contribution >= 0.6 is 27.3 Å². The lowest BCUT2D eigenvalue weighted by molar-refractivity contribution is 0.578. The fraction of sp³-hybridized carbons (Fsp3) is 0.167. The maximum Gasteiger partial charge on any atom is 0.128 e. The van der Waals surface area contributed by atoms with Crippen LogP contribution in [0.5, 0.6) is 0 Å². The molecule has 0 fully saturated rings. The van der Waals surface area contributed by atoms with Gasteiger partial charge in [-0.05, 0) is 52.7 Å². The standard InChI is InChI=1S/C12H10BrF2NS/c1-6-4-10(17-12(6)13)11(16)8-5-7(14)2-3-9(8)15/h2-5,11H,16H2,1H3. The summed E-state index contributed by atoms with van der Waals surface area (Å²) in [5, 5.41) is 0. The van der Waals surface area contributed by atoms with Crippen LogP contribution in [-0.2, 0) is 0 Å². The molecule has 0 spiro atoms. The molecule has 1 aromatic heterocycles. The lowest BCUT2D eigenvalue weighted by atomic mass is 10.1. The SMILES string of the molecule is Cc1cc(C(N)c2cc(F)ccc2F)sc1Br. The largest absolute Gasteiger partial charge is 0.320 e. The molecule has 2 N–H and O–H groups in total. The average molecular weight is 318 g/mol. The summed E-state index contributed by atoms with van der Waals surface area (Å²) in [6.07, 6.45) is 0. The number of hydrogen-bond acceptors (Lipinski definition) is 2. The Labute approximate surface area is 110 Å². The lowest BCUT2D eigenvalue weighted by Gasteiger charge is -2.11. The quantitative estimate of drug-likeness (QED) is 0.884. The molecule has 1 heterocycles. The molecule has 0 amide bonds. The van der Waals surface area contributed by atoms with E-state index in [1.807, 2.05) is 13.0 Å². The summed E-state index contributed by atoms with van der Waals surface area (Å²) in [5.74, 6) is -0.967. The molecule has 0 aliphatic heterocycles. The fourth-order valence-electron chi connectivity index (χ4n) is 1.54. The number of aryl methyl sites for hydroxylation is 1. The molecule has 1 nitrogen and oxygen atoms in total. The summed E-state index contributed by atoms with van der Waals surface area (Å²) in [5.41, 5.74) is 7.17. The normalized spacial score (nSPS) is 12.8. The minimum Gasteiger partial charge on any atom is -0.320 e. The van der Waals surface area contributed by atoms with Gasteiger partial charge in [0, 0.05) is 10.4 Å². The molecule has 2 rings (SSSR count). The second-order valence-electron chi connectivity index (χ2n) is 3.75. The van der Waals surface area contributed by atoms with E-state index in [0.29, 0.717) is 0 Å². The van der Waals surface area contributed by atoms with Crippen molar-refractivity contribution < 1.29 is 8.78 Å². The monoisotopic (exact) mass is 317 g/mol. The Balaban J connectivity index is 2.42. The van der Waals surface area contributed by atoms with Gasteiger partial charge in [0.1, 0.15) is 11.6 Å². The Bertz CT molecular complexity index is 534. The Kier molecular flexibility index (Phi) is 3.61. The smallest absolute Gasteiger partial charge is 0.128 e. The molecule has 1 atom stereocenters. The Hall–Kier alpha value is -0.780. The maximum atomic E-state index is 13.6. The van der Waals surface area contributed by atoms with E-state index in [1.165, 1.54) is 11.3 Å². The highest BCUT2D eigenvalue weighted by Gasteiger charge is 2.17. The van der Waals surface area contributed by atoms with E-state index in [1.54, 1.807) is 0 Å². The minimum atomic E-state index is -0.638. The number of thiophene rings is 1. The zero-order valence-electron chi connectivity index (χ0n) is 9.01. The summed E-state index contributed by atoms with van der Waals surface area (Å²) >= 11 is 4.82.